The normalized spacial score (nSPS) is 26.6. The number of amides is 2. The molecule has 1 atom stereocenters. The summed E-state index contributed by atoms with van der Waals surface area (Å²) in [6.07, 6.45) is 4.97. The van der Waals surface area contributed by atoms with E-state index in [1.54, 1.807) is 0 Å². The van der Waals surface area contributed by atoms with Crippen molar-refractivity contribution in [3.8, 4) is 0 Å². The lowest BCUT2D eigenvalue weighted by molar-refractivity contribution is -0.125. The van der Waals surface area contributed by atoms with Gasteiger partial charge in [-0.2, -0.15) is 0 Å². The van der Waals surface area contributed by atoms with E-state index in [0.29, 0.717) is 19.6 Å². The van der Waals surface area contributed by atoms with Crippen molar-refractivity contribution in [2.24, 2.45) is 5.92 Å². The minimum absolute atomic E-state index is 0.0677. The molecule has 0 aromatic heterocycles. The molecule has 2 amide bonds. The molecule has 0 aromatic rings. The van der Waals surface area contributed by atoms with Gasteiger partial charge in [0, 0.05) is 38.5 Å². The van der Waals surface area contributed by atoms with Crippen molar-refractivity contribution in [3.05, 3.63) is 0 Å². The fourth-order valence-corrected chi connectivity index (χ4v) is 2.72. The monoisotopic (exact) mass is 284 g/mol. The number of aliphatic hydroxyl groups is 1. The van der Waals surface area contributed by atoms with Crippen LogP contribution in [0.15, 0.2) is 0 Å². The molecule has 1 aliphatic carbocycles. The number of rotatable bonds is 6. The first-order valence-corrected chi connectivity index (χ1v) is 7.44. The molecule has 0 radical (unpaired) electrons. The first kappa shape index (κ1) is 15.3. The lowest BCUT2D eigenvalue weighted by Crippen LogP contribution is -2.44. The number of carbonyl (C=O) groups is 2. The van der Waals surface area contributed by atoms with Gasteiger partial charge in [-0.3, -0.25) is 9.59 Å². The molecule has 0 spiro atoms. The van der Waals surface area contributed by atoms with Gasteiger partial charge < -0.3 is 20.5 Å². The van der Waals surface area contributed by atoms with Crippen molar-refractivity contribution in [2.45, 2.75) is 44.1 Å². The Kier molecular flexibility index (Phi) is 5.37. The van der Waals surface area contributed by atoms with E-state index >= 15 is 0 Å². The molecule has 6 heteroatoms. The molecule has 1 saturated heterocycles. The quantitative estimate of drug-likeness (QED) is 0.638. The largest absolute Gasteiger partial charge is 0.386 e. The van der Waals surface area contributed by atoms with E-state index in [2.05, 4.69) is 10.6 Å². The third kappa shape index (κ3) is 4.45. The number of ether oxygens (including phenoxy) is 1. The highest BCUT2D eigenvalue weighted by molar-refractivity contribution is 5.80. The lowest BCUT2D eigenvalue weighted by atomic mass is 10.0. The van der Waals surface area contributed by atoms with Crippen LogP contribution in [0.2, 0.25) is 0 Å². The van der Waals surface area contributed by atoms with Crippen LogP contribution in [0.1, 0.15) is 38.5 Å². The van der Waals surface area contributed by atoms with Crippen LogP contribution < -0.4 is 10.6 Å². The minimum Gasteiger partial charge on any atom is -0.386 e. The average molecular weight is 284 g/mol. The third-order valence-electron chi connectivity index (χ3n) is 4.07. The predicted octanol–water partition coefficient (Wildman–Crippen LogP) is -0.0495. The molecule has 0 aromatic carbocycles. The molecule has 2 aliphatic rings. The van der Waals surface area contributed by atoms with Crippen LogP contribution in [0.3, 0.4) is 0 Å². The van der Waals surface area contributed by atoms with Gasteiger partial charge in [0.25, 0.3) is 0 Å². The van der Waals surface area contributed by atoms with Crippen LogP contribution in [0, 0.1) is 5.92 Å². The van der Waals surface area contributed by atoms with Gasteiger partial charge >= 0.3 is 0 Å². The van der Waals surface area contributed by atoms with Crippen molar-refractivity contribution >= 4 is 11.8 Å². The molecule has 2 fully saturated rings. The van der Waals surface area contributed by atoms with E-state index in [9.17, 15) is 14.7 Å². The Morgan fingerprint density at radius 3 is 2.65 bits per heavy atom. The van der Waals surface area contributed by atoms with E-state index < -0.39 is 5.60 Å². The Morgan fingerprint density at radius 1 is 1.25 bits per heavy atom. The Morgan fingerprint density at radius 2 is 2.00 bits per heavy atom. The summed E-state index contributed by atoms with van der Waals surface area (Å²) in [7, 11) is 0. The summed E-state index contributed by atoms with van der Waals surface area (Å²) in [5, 5.41) is 15.5. The van der Waals surface area contributed by atoms with E-state index in [1.165, 1.54) is 0 Å². The molecule has 1 aliphatic heterocycles. The summed E-state index contributed by atoms with van der Waals surface area (Å²) in [6.45, 7) is 1.37. The fourth-order valence-electron chi connectivity index (χ4n) is 2.72. The molecule has 6 nitrogen and oxygen atoms in total. The zero-order valence-electron chi connectivity index (χ0n) is 11.8. The first-order valence-electron chi connectivity index (χ1n) is 7.44. The molecule has 0 bridgehead atoms. The molecule has 20 heavy (non-hydrogen) atoms. The standard InChI is InChI=1S/C14H24N2O4/c17-12(16-9-14(19)6-8-20-10-14)5-7-15-13(18)11-3-1-2-4-11/h11,19H,1-10H2,(H,15,18)(H,16,17). The van der Waals surface area contributed by atoms with Gasteiger partial charge in [0.2, 0.25) is 11.8 Å². The van der Waals surface area contributed by atoms with Crippen molar-refractivity contribution in [1.82, 2.24) is 10.6 Å². The second kappa shape index (κ2) is 7.04. The van der Waals surface area contributed by atoms with E-state index in [-0.39, 0.29) is 37.3 Å². The summed E-state index contributed by atoms with van der Waals surface area (Å²) in [5.41, 5.74) is -0.928. The minimum atomic E-state index is -0.928. The van der Waals surface area contributed by atoms with Gasteiger partial charge in [0.05, 0.1) is 6.61 Å². The summed E-state index contributed by atoms with van der Waals surface area (Å²) in [6, 6.07) is 0. The Labute approximate surface area is 119 Å². The van der Waals surface area contributed by atoms with E-state index in [0.717, 1.165) is 25.7 Å². The number of hydrogen-bond donors (Lipinski definition) is 3. The molecule has 3 N–H and O–H groups in total. The van der Waals surface area contributed by atoms with Gasteiger partial charge in [0.1, 0.15) is 5.60 Å². The molecule has 1 unspecified atom stereocenters. The predicted molar refractivity (Wildman–Crippen MR) is 73.0 cm³/mol. The molecular formula is C14H24N2O4. The molecule has 2 rings (SSSR count). The fraction of sp³-hybridized carbons (Fsp3) is 0.857. The van der Waals surface area contributed by atoms with Crippen LogP contribution in [0.4, 0.5) is 0 Å². The maximum Gasteiger partial charge on any atom is 0.223 e. The van der Waals surface area contributed by atoms with Crippen molar-refractivity contribution in [1.29, 1.82) is 0 Å². The van der Waals surface area contributed by atoms with Crippen molar-refractivity contribution in [2.75, 3.05) is 26.3 Å². The Balaban J connectivity index is 1.56. The van der Waals surface area contributed by atoms with Crippen LogP contribution in [0.25, 0.3) is 0 Å². The number of carbonyl (C=O) groups excluding carboxylic acids is 2. The average Bonchev–Trinajstić information content (AvgIpc) is 3.08. The van der Waals surface area contributed by atoms with Gasteiger partial charge in [-0.05, 0) is 12.8 Å². The van der Waals surface area contributed by atoms with Crippen LogP contribution in [0.5, 0.6) is 0 Å². The van der Waals surface area contributed by atoms with Crippen LogP contribution in [-0.4, -0.2) is 48.8 Å². The van der Waals surface area contributed by atoms with Crippen molar-refractivity contribution < 1.29 is 19.4 Å². The highest BCUT2D eigenvalue weighted by Crippen LogP contribution is 2.24. The highest BCUT2D eigenvalue weighted by atomic mass is 16.5. The van der Waals surface area contributed by atoms with Gasteiger partial charge in [-0.15, -0.1) is 0 Å². The second-order valence-corrected chi connectivity index (χ2v) is 5.83. The zero-order valence-corrected chi connectivity index (χ0v) is 11.8. The Bertz CT molecular complexity index is 347. The Hall–Kier alpha value is -1.14. The maximum atomic E-state index is 11.7. The van der Waals surface area contributed by atoms with Gasteiger partial charge in [0.15, 0.2) is 0 Å². The summed E-state index contributed by atoms with van der Waals surface area (Å²) >= 11 is 0. The highest BCUT2D eigenvalue weighted by Gasteiger charge is 2.32. The van der Waals surface area contributed by atoms with E-state index in [4.69, 9.17) is 4.74 Å². The molecule has 114 valence electrons. The van der Waals surface area contributed by atoms with Gasteiger partial charge in [-0.1, -0.05) is 12.8 Å². The summed E-state index contributed by atoms with van der Waals surface area (Å²) in [5.74, 6) is 0.0459. The molecule has 1 saturated carbocycles. The molecule has 1 heterocycles. The lowest BCUT2D eigenvalue weighted by Gasteiger charge is -2.20. The molecular weight excluding hydrogens is 260 g/mol. The SMILES string of the molecule is O=C(CCNC(=O)C1CCCC1)NCC1(O)CCOC1. The van der Waals surface area contributed by atoms with Gasteiger partial charge in [-0.25, -0.2) is 0 Å². The smallest absolute Gasteiger partial charge is 0.223 e. The maximum absolute atomic E-state index is 11.7. The van der Waals surface area contributed by atoms with Crippen LogP contribution in [-0.2, 0) is 14.3 Å². The second-order valence-electron chi connectivity index (χ2n) is 5.83. The van der Waals surface area contributed by atoms with Crippen LogP contribution >= 0.6 is 0 Å². The number of hydrogen-bond acceptors (Lipinski definition) is 4. The topological polar surface area (TPSA) is 87.7 Å². The first-order chi connectivity index (χ1) is 9.59. The third-order valence-corrected chi connectivity index (χ3v) is 4.07. The van der Waals surface area contributed by atoms with Crippen molar-refractivity contribution in [3.63, 3.8) is 0 Å². The number of nitrogens with one attached hydrogen (secondary N) is 2. The summed E-state index contributed by atoms with van der Waals surface area (Å²) < 4.78 is 5.10. The summed E-state index contributed by atoms with van der Waals surface area (Å²) in [4.78, 5) is 23.4. The van der Waals surface area contributed by atoms with E-state index in [1.807, 2.05) is 0 Å². The zero-order chi connectivity index (χ0) is 14.4.